The Balaban J connectivity index is 0.00000450. The first-order chi connectivity index (χ1) is 14.0. The van der Waals surface area contributed by atoms with E-state index in [1.807, 2.05) is 45.0 Å². The first kappa shape index (κ1) is 26.2. The average Bonchev–Trinajstić information content (AvgIpc) is 3.10. The molecule has 1 unspecified atom stereocenters. The highest BCUT2D eigenvalue weighted by molar-refractivity contribution is 14.0. The van der Waals surface area contributed by atoms with Crippen molar-refractivity contribution in [1.82, 2.24) is 15.6 Å². The van der Waals surface area contributed by atoms with E-state index in [2.05, 4.69) is 20.6 Å². The summed E-state index contributed by atoms with van der Waals surface area (Å²) in [7, 11) is 1.73. The highest BCUT2D eigenvalue weighted by atomic mass is 127. The largest absolute Gasteiger partial charge is 0.493 e. The number of esters is 1. The van der Waals surface area contributed by atoms with Crippen molar-refractivity contribution in [2.75, 3.05) is 26.8 Å². The van der Waals surface area contributed by atoms with E-state index in [0.717, 1.165) is 29.3 Å². The molecule has 30 heavy (non-hydrogen) atoms. The highest BCUT2D eigenvalue weighted by Gasteiger charge is 2.20. The van der Waals surface area contributed by atoms with Crippen molar-refractivity contribution in [3.8, 4) is 5.75 Å². The van der Waals surface area contributed by atoms with Gasteiger partial charge in [-0.15, -0.1) is 35.3 Å². The van der Waals surface area contributed by atoms with Crippen LogP contribution in [-0.4, -0.2) is 43.7 Å². The van der Waals surface area contributed by atoms with Gasteiger partial charge in [-0.25, -0.2) is 9.78 Å². The van der Waals surface area contributed by atoms with Gasteiger partial charge in [0.05, 0.1) is 24.9 Å². The molecule has 0 bridgehead atoms. The van der Waals surface area contributed by atoms with Crippen LogP contribution in [0.25, 0.3) is 0 Å². The molecule has 0 aliphatic rings. The molecular weight excluding hydrogens is 515 g/mol. The lowest BCUT2D eigenvalue weighted by Crippen LogP contribution is -2.39. The summed E-state index contributed by atoms with van der Waals surface area (Å²) in [6, 6.07) is 7.90. The number of aryl methyl sites for hydroxylation is 2. The summed E-state index contributed by atoms with van der Waals surface area (Å²) < 4.78 is 10.9. The van der Waals surface area contributed by atoms with Crippen LogP contribution in [-0.2, 0) is 4.74 Å². The number of para-hydroxylation sites is 1. The van der Waals surface area contributed by atoms with E-state index >= 15 is 0 Å². The highest BCUT2D eigenvalue weighted by Crippen LogP contribution is 2.24. The number of halogens is 1. The maximum atomic E-state index is 12.0. The zero-order chi connectivity index (χ0) is 21.2. The molecule has 0 saturated heterocycles. The molecule has 1 atom stereocenters. The maximum Gasteiger partial charge on any atom is 0.350 e. The minimum absolute atomic E-state index is 0. The molecule has 1 aromatic heterocycles. The molecule has 9 heteroatoms. The first-order valence-corrected chi connectivity index (χ1v) is 10.6. The number of carbonyl (C=O) groups is 1. The zero-order valence-electron chi connectivity index (χ0n) is 18.2. The monoisotopic (exact) mass is 546 g/mol. The van der Waals surface area contributed by atoms with E-state index < -0.39 is 0 Å². The van der Waals surface area contributed by atoms with Gasteiger partial charge >= 0.3 is 5.97 Å². The van der Waals surface area contributed by atoms with Crippen molar-refractivity contribution in [2.45, 2.75) is 40.2 Å². The van der Waals surface area contributed by atoms with Gasteiger partial charge < -0.3 is 20.1 Å². The molecule has 0 fully saturated rings. The number of rotatable bonds is 9. The maximum absolute atomic E-state index is 12.0. The van der Waals surface area contributed by atoms with Crippen LogP contribution >= 0.6 is 35.3 Å². The number of benzene rings is 1. The third-order valence-corrected chi connectivity index (χ3v) is 5.51. The van der Waals surface area contributed by atoms with Crippen molar-refractivity contribution < 1.29 is 14.3 Å². The molecule has 0 spiro atoms. The second kappa shape index (κ2) is 13.4. The summed E-state index contributed by atoms with van der Waals surface area (Å²) in [6.07, 6.45) is 0.840. The first-order valence-electron chi connectivity index (χ1n) is 9.76. The van der Waals surface area contributed by atoms with Gasteiger partial charge in [-0.3, -0.25) is 4.99 Å². The molecular formula is C21H31IN4O3S. The van der Waals surface area contributed by atoms with Gasteiger partial charge in [0.15, 0.2) is 5.96 Å². The van der Waals surface area contributed by atoms with Crippen molar-refractivity contribution in [2.24, 2.45) is 4.99 Å². The summed E-state index contributed by atoms with van der Waals surface area (Å²) in [4.78, 5) is 21.3. The van der Waals surface area contributed by atoms with Crippen LogP contribution in [0.15, 0.2) is 29.3 Å². The number of ether oxygens (including phenoxy) is 2. The third-order valence-electron chi connectivity index (χ3n) is 4.19. The smallest absolute Gasteiger partial charge is 0.350 e. The van der Waals surface area contributed by atoms with Crippen LogP contribution in [0.3, 0.4) is 0 Å². The van der Waals surface area contributed by atoms with E-state index in [4.69, 9.17) is 9.47 Å². The summed E-state index contributed by atoms with van der Waals surface area (Å²) in [6.45, 7) is 9.34. The predicted octanol–water partition coefficient (Wildman–Crippen LogP) is 4.25. The number of aromatic nitrogens is 1. The summed E-state index contributed by atoms with van der Waals surface area (Å²) >= 11 is 1.35. The molecule has 0 amide bonds. The molecule has 1 aromatic carbocycles. The number of nitrogens with one attached hydrogen (secondary N) is 2. The average molecular weight is 546 g/mol. The second-order valence-corrected chi connectivity index (χ2v) is 7.55. The molecule has 0 saturated carbocycles. The summed E-state index contributed by atoms with van der Waals surface area (Å²) in [5, 5.41) is 7.40. The Hall–Kier alpha value is -1.88. The third kappa shape index (κ3) is 7.75. The Kier molecular flexibility index (Phi) is 11.7. The number of nitrogens with zero attached hydrogens (tertiary/aromatic N) is 2. The Labute approximate surface area is 199 Å². The Morgan fingerprint density at radius 1 is 1.30 bits per heavy atom. The zero-order valence-corrected chi connectivity index (χ0v) is 21.3. The number of thiazole rings is 1. The summed E-state index contributed by atoms with van der Waals surface area (Å²) in [5.74, 6) is 1.27. The van der Waals surface area contributed by atoms with Crippen LogP contribution in [0.5, 0.6) is 5.75 Å². The van der Waals surface area contributed by atoms with E-state index in [9.17, 15) is 4.79 Å². The standard InChI is InChI=1S/C21H30N4O3S.HI/c1-6-27-20(26)18-15(3)24-19(29-18)16(4)25-21(22-5)23-12-9-13-28-17-11-8-7-10-14(17)2;/h7-8,10-11,16H,6,9,12-13H2,1-5H3,(H2,22,23,25);1H. The molecule has 0 aliphatic carbocycles. The fraction of sp³-hybridized carbons (Fsp3) is 0.476. The van der Waals surface area contributed by atoms with Gasteiger partial charge in [-0.05, 0) is 45.7 Å². The minimum atomic E-state index is -0.322. The molecule has 166 valence electrons. The van der Waals surface area contributed by atoms with Crippen LogP contribution in [0.2, 0.25) is 0 Å². The quantitative estimate of drug-likeness (QED) is 0.161. The fourth-order valence-corrected chi connectivity index (χ4v) is 3.59. The lowest BCUT2D eigenvalue weighted by molar-refractivity contribution is 0.0531. The van der Waals surface area contributed by atoms with Crippen molar-refractivity contribution in [3.05, 3.63) is 45.4 Å². The number of carbonyl (C=O) groups excluding carboxylic acids is 1. The molecule has 2 rings (SSSR count). The molecule has 2 aromatic rings. The lowest BCUT2D eigenvalue weighted by atomic mass is 10.2. The van der Waals surface area contributed by atoms with Crippen molar-refractivity contribution in [3.63, 3.8) is 0 Å². The van der Waals surface area contributed by atoms with Crippen molar-refractivity contribution in [1.29, 1.82) is 0 Å². The topological polar surface area (TPSA) is 84.8 Å². The normalized spacial score (nSPS) is 12.0. The number of hydrogen-bond acceptors (Lipinski definition) is 6. The second-order valence-electron chi connectivity index (χ2n) is 6.52. The van der Waals surface area contributed by atoms with Crippen LogP contribution < -0.4 is 15.4 Å². The van der Waals surface area contributed by atoms with Crippen LogP contribution in [0, 0.1) is 13.8 Å². The van der Waals surface area contributed by atoms with Gasteiger partial charge in [-0.2, -0.15) is 0 Å². The van der Waals surface area contributed by atoms with E-state index in [1.54, 1.807) is 14.0 Å². The van der Waals surface area contributed by atoms with E-state index in [1.165, 1.54) is 11.3 Å². The summed E-state index contributed by atoms with van der Waals surface area (Å²) in [5.41, 5.74) is 1.82. The molecule has 0 radical (unpaired) electrons. The fourth-order valence-electron chi connectivity index (χ4n) is 2.63. The van der Waals surface area contributed by atoms with E-state index in [0.29, 0.717) is 29.7 Å². The molecule has 2 N–H and O–H groups in total. The van der Waals surface area contributed by atoms with Crippen molar-refractivity contribution >= 4 is 47.2 Å². The number of guanidine groups is 1. The van der Waals surface area contributed by atoms with Crippen LogP contribution in [0.1, 0.15) is 52.2 Å². The predicted molar refractivity (Wildman–Crippen MR) is 132 cm³/mol. The number of hydrogen-bond donors (Lipinski definition) is 2. The van der Waals surface area contributed by atoms with Gasteiger partial charge in [0.1, 0.15) is 15.6 Å². The minimum Gasteiger partial charge on any atom is -0.493 e. The van der Waals surface area contributed by atoms with Crippen LogP contribution in [0.4, 0.5) is 0 Å². The van der Waals surface area contributed by atoms with E-state index in [-0.39, 0.29) is 36.0 Å². The molecule has 7 nitrogen and oxygen atoms in total. The Morgan fingerprint density at radius 3 is 2.70 bits per heavy atom. The van der Waals surface area contributed by atoms with Gasteiger partial charge in [0.25, 0.3) is 0 Å². The van der Waals surface area contributed by atoms with Gasteiger partial charge in [-0.1, -0.05) is 18.2 Å². The molecule has 0 aliphatic heterocycles. The lowest BCUT2D eigenvalue weighted by Gasteiger charge is -2.16. The number of aliphatic imine (C=N–C) groups is 1. The Morgan fingerprint density at radius 2 is 2.03 bits per heavy atom. The van der Waals surface area contributed by atoms with Gasteiger partial charge in [0.2, 0.25) is 0 Å². The molecule has 1 heterocycles. The van der Waals surface area contributed by atoms with Gasteiger partial charge in [0, 0.05) is 13.6 Å². The Bertz CT molecular complexity index is 841. The SMILES string of the molecule is CCOC(=O)c1sc(C(C)NC(=NC)NCCCOc2ccccc2C)nc1C.I.